The molecule has 1 aromatic heterocycles. The Kier molecular flexibility index (Phi) is 6.66. The van der Waals surface area contributed by atoms with Gasteiger partial charge in [-0.25, -0.2) is 8.42 Å². The molecule has 152 valence electrons. The van der Waals surface area contributed by atoms with Gasteiger partial charge in [0.05, 0.1) is 23.4 Å². The van der Waals surface area contributed by atoms with E-state index in [4.69, 9.17) is 4.42 Å². The molecule has 0 radical (unpaired) electrons. The molecule has 1 N–H and O–H groups in total. The molecule has 3 aromatic rings. The zero-order valence-corrected chi connectivity index (χ0v) is 17.8. The van der Waals surface area contributed by atoms with Crippen LogP contribution in [0.25, 0.3) is 0 Å². The van der Waals surface area contributed by atoms with Crippen molar-refractivity contribution in [2.75, 3.05) is 17.1 Å². The largest absolute Gasteiger partial charge is 0.467 e. The highest BCUT2D eigenvalue weighted by atomic mass is 32.2. The van der Waals surface area contributed by atoms with E-state index in [1.54, 1.807) is 48.5 Å². The molecule has 0 aliphatic heterocycles. The van der Waals surface area contributed by atoms with Crippen molar-refractivity contribution < 1.29 is 17.6 Å². The van der Waals surface area contributed by atoms with Gasteiger partial charge in [0.25, 0.3) is 10.0 Å². The maximum absolute atomic E-state index is 13.3. The van der Waals surface area contributed by atoms with E-state index in [9.17, 15) is 13.2 Å². The van der Waals surface area contributed by atoms with Crippen LogP contribution in [-0.4, -0.2) is 27.1 Å². The van der Waals surface area contributed by atoms with E-state index < -0.39 is 15.9 Å². The fourth-order valence-electron chi connectivity index (χ4n) is 2.69. The lowest BCUT2D eigenvalue weighted by atomic mass is 10.2. The number of carbonyl (C=O) groups is 1. The Balaban J connectivity index is 1.87. The van der Waals surface area contributed by atoms with Gasteiger partial charge in [-0.05, 0) is 61.7 Å². The molecular weight excluding hydrogens is 408 g/mol. The molecule has 0 fully saturated rings. The van der Waals surface area contributed by atoms with Crippen LogP contribution in [0.4, 0.5) is 5.69 Å². The Hall–Kier alpha value is -2.71. The summed E-state index contributed by atoms with van der Waals surface area (Å²) in [7, 11) is -3.92. The number of furan rings is 1. The number of amides is 1. The molecule has 0 unspecified atom stereocenters. The molecule has 1 heterocycles. The Labute approximate surface area is 175 Å². The van der Waals surface area contributed by atoms with Crippen LogP contribution >= 0.6 is 11.8 Å². The summed E-state index contributed by atoms with van der Waals surface area (Å²) < 4.78 is 32.9. The molecule has 2 aromatic carbocycles. The first-order valence-corrected chi connectivity index (χ1v) is 11.6. The highest BCUT2D eigenvalue weighted by molar-refractivity contribution is 7.98. The van der Waals surface area contributed by atoms with Crippen LogP contribution in [-0.2, 0) is 21.4 Å². The minimum absolute atomic E-state index is 0.134. The van der Waals surface area contributed by atoms with E-state index >= 15 is 0 Å². The van der Waals surface area contributed by atoms with Gasteiger partial charge in [-0.2, -0.15) is 0 Å². The molecule has 3 rings (SSSR count). The van der Waals surface area contributed by atoms with Gasteiger partial charge in [-0.15, -0.1) is 11.8 Å². The predicted molar refractivity (Wildman–Crippen MR) is 114 cm³/mol. The Morgan fingerprint density at radius 1 is 1.07 bits per heavy atom. The standard InChI is InChI=1S/C21H22N2O4S2/c1-16-5-7-17(8-6-16)23(15-21(24)22-14-18-4-3-13-27-18)29(25,26)20-11-9-19(28-2)10-12-20/h3-13H,14-15H2,1-2H3,(H,22,24). The summed E-state index contributed by atoms with van der Waals surface area (Å²) in [4.78, 5) is 13.6. The molecule has 6 nitrogen and oxygen atoms in total. The minimum atomic E-state index is -3.92. The molecule has 1 amide bonds. The SMILES string of the molecule is CSc1ccc(S(=O)(=O)N(CC(=O)NCc2ccco2)c2ccc(C)cc2)cc1. The fourth-order valence-corrected chi connectivity index (χ4v) is 4.52. The van der Waals surface area contributed by atoms with Crippen molar-refractivity contribution in [3.05, 3.63) is 78.3 Å². The summed E-state index contributed by atoms with van der Waals surface area (Å²) in [6.07, 6.45) is 3.44. The van der Waals surface area contributed by atoms with Crippen LogP contribution in [0.5, 0.6) is 0 Å². The molecule has 0 saturated carbocycles. The quantitative estimate of drug-likeness (QED) is 0.550. The second kappa shape index (κ2) is 9.19. The summed E-state index contributed by atoms with van der Waals surface area (Å²) in [5.41, 5.74) is 1.43. The molecule has 0 atom stereocenters. The number of nitrogens with one attached hydrogen (secondary N) is 1. The molecular formula is C21H22N2O4S2. The van der Waals surface area contributed by atoms with Crippen molar-refractivity contribution in [3.8, 4) is 0 Å². The smallest absolute Gasteiger partial charge is 0.264 e. The second-order valence-corrected chi connectivity index (χ2v) is 9.12. The number of hydrogen-bond donors (Lipinski definition) is 1. The van der Waals surface area contributed by atoms with Gasteiger partial charge in [0.1, 0.15) is 12.3 Å². The third-order valence-corrected chi connectivity index (χ3v) is 6.83. The lowest BCUT2D eigenvalue weighted by Gasteiger charge is -2.24. The van der Waals surface area contributed by atoms with E-state index in [2.05, 4.69) is 5.32 Å². The van der Waals surface area contributed by atoms with Gasteiger partial charge < -0.3 is 9.73 Å². The van der Waals surface area contributed by atoms with Gasteiger partial charge in [0, 0.05) is 4.90 Å². The summed E-state index contributed by atoms with van der Waals surface area (Å²) in [5, 5.41) is 2.70. The van der Waals surface area contributed by atoms with Crippen molar-refractivity contribution in [2.24, 2.45) is 0 Å². The van der Waals surface area contributed by atoms with Crippen LogP contribution in [0.15, 0.2) is 81.1 Å². The monoisotopic (exact) mass is 430 g/mol. The molecule has 0 aliphatic carbocycles. The molecule has 0 aliphatic rings. The van der Waals surface area contributed by atoms with E-state index in [1.807, 2.05) is 25.3 Å². The van der Waals surface area contributed by atoms with Gasteiger partial charge in [-0.1, -0.05) is 17.7 Å². The third-order valence-electron chi connectivity index (χ3n) is 4.30. The van der Waals surface area contributed by atoms with Crippen LogP contribution in [0.1, 0.15) is 11.3 Å². The predicted octanol–water partition coefficient (Wildman–Crippen LogP) is 3.82. The second-order valence-electron chi connectivity index (χ2n) is 6.38. The van der Waals surface area contributed by atoms with Crippen LogP contribution in [0.3, 0.4) is 0 Å². The maximum atomic E-state index is 13.3. The van der Waals surface area contributed by atoms with E-state index in [0.29, 0.717) is 11.4 Å². The fraction of sp³-hybridized carbons (Fsp3) is 0.190. The maximum Gasteiger partial charge on any atom is 0.264 e. The van der Waals surface area contributed by atoms with E-state index in [-0.39, 0.29) is 18.0 Å². The first-order chi connectivity index (χ1) is 13.9. The number of thioether (sulfide) groups is 1. The van der Waals surface area contributed by atoms with Crippen molar-refractivity contribution in [1.82, 2.24) is 5.32 Å². The summed E-state index contributed by atoms with van der Waals surface area (Å²) in [5.74, 6) is 0.169. The minimum Gasteiger partial charge on any atom is -0.467 e. The summed E-state index contributed by atoms with van der Waals surface area (Å²) in [6, 6.07) is 17.1. The summed E-state index contributed by atoms with van der Waals surface area (Å²) in [6.45, 7) is 1.77. The average molecular weight is 431 g/mol. The van der Waals surface area contributed by atoms with E-state index in [0.717, 1.165) is 14.8 Å². The first-order valence-electron chi connectivity index (χ1n) is 8.92. The lowest BCUT2D eigenvalue weighted by molar-refractivity contribution is -0.119. The zero-order valence-electron chi connectivity index (χ0n) is 16.2. The van der Waals surface area contributed by atoms with Gasteiger partial charge in [0.2, 0.25) is 5.91 Å². The number of hydrogen-bond acceptors (Lipinski definition) is 5. The normalized spacial score (nSPS) is 11.2. The lowest BCUT2D eigenvalue weighted by Crippen LogP contribution is -2.40. The number of benzene rings is 2. The third kappa shape index (κ3) is 5.21. The summed E-state index contributed by atoms with van der Waals surface area (Å²) >= 11 is 1.53. The van der Waals surface area contributed by atoms with Crippen molar-refractivity contribution >= 4 is 33.4 Å². The number of sulfonamides is 1. The van der Waals surface area contributed by atoms with Gasteiger partial charge in [-0.3, -0.25) is 9.10 Å². The van der Waals surface area contributed by atoms with E-state index in [1.165, 1.54) is 18.0 Å². The first kappa shape index (κ1) is 21.0. The van der Waals surface area contributed by atoms with Crippen LogP contribution in [0, 0.1) is 6.92 Å². The van der Waals surface area contributed by atoms with Gasteiger partial charge >= 0.3 is 0 Å². The highest BCUT2D eigenvalue weighted by Crippen LogP contribution is 2.25. The number of carbonyl (C=O) groups excluding carboxylic acids is 1. The molecule has 29 heavy (non-hydrogen) atoms. The Morgan fingerprint density at radius 3 is 2.34 bits per heavy atom. The van der Waals surface area contributed by atoms with Crippen molar-refractivity contribution in [3.63, 3.8) is 0 Å². The average Bonchev–Trinajstić information content (AvgIpc) is 3.25. The molecule has 0 bridgehead atoms. The van der Waals surface area contributed by atoms with Crippen LogP contribution < -0.4 is 9.62 Å². The Bertz CT molecular complexity index is 1050. The Morgan fingerprint density at radius 2 is 1.76 bits per heavy atom. The highest BCUT2D eigenvalue weighted by Gasteiger charge is 2.27. The molecule has 8 heteroatoms. The number of aryl methyl sites for hydroxylation is 1. The van der Waals surface area contributed by atoms with Crippen molar-refractivity contribution in [2.45, 2.75) is 23.3 Å². The molecule has 0 saturated heterocycles. The van der Waals surface area contributed by atoms with Crippen LogP contribution in [0.2, 0.25) is 0 Å². The topological polar surface area (TPSA) is 79.6 Å². The van der Waals surface area contributed by atoms with Crippen molar-refractivity contribution in [1.29, 1.82) is 0 Å². The zero-order chi connectivity index (χ0) is 20.9. The number of nitrogens with zero attached hydrogens (tertiary/aromatic N) is 1. The number of rotatable bonds is 8. The molecule has 0 spiro atoms. The number of anilines is 1. The van der Waals surface area contributed by atoms with Gasteiger partial charge in [0.15, 0.2) is 0 Å².